The highest BCUT2D eigenvalue weighted by Crippen LogP contribution is 2.03. The number of ether oxygens (including phenoxy) is 1. The summed E-state index contributed by atoms with van der Waals surface area (Å²) in [6.07, 6.45) is 1.56. The van der Waals surface area contributed by atoms with Crippen LogP contribution in [-0.2, 0) is 28.7 Å². The lowest BCUT2D eigenvalue weighted by molar-refractivity contribution is -0.145. The van der Waals surface area contributed by atoms with Gasteiger partial charge in [0.2, 0.25) is 23.6 Å². The summed E-state index contributed by atoms with van der Waals surface area (Å²) >= 11 is 0. The van der Waals surface area contributed by atoms with Crippen molar-refractivity contribution in [2.24, 2.45) is 0 Å². The summed E-state index contributed by atoms with van der Waals surface area (Å²) in [6, 6.07) is -2.55. The van der Waals surface area contributed by atoms with Gasteiger partial charge in [-0.15, -0.1) is 0 Å². The number of rotatable bonds is 11. The molecule has 10 nitrogen and oxygen atoms in total. The first-order chi connectivity index (χ1) is 12.6. The Labute approximate surface area is 159 Å². The normalized spacial score (nSPS) is 13.5. The van der Waals surface area contributed by atoms with E-state index in [0.29, 0.717) is 25.8 Å². The average molecular weight is 386 g/mol. The summed E-state index contributed by atoms with van der Waals surface area (Å²) in [5.41, 5.74) is 0. The molecule has 0 heterocycles. The standard InChI is InChI=1S/C17H30N4O6/c1-10(19-13(4)23)15(24)20-11(2)16(25)21-14(17(26)27-5)8-6-7-9-18-12(3)22/h10-11,14H,6-9H2,1-5H3,(H,18,22)(H,19,23)(H,20,24)(H,21,25). The van der Waals surface area contributed by atoms with E-state index in [1.807, 2.05) is 0 Å². The van der Waals surface area contributed by atoms with Crippen LogP contribution in [0.1, 0.15) is 47.0 Å². The smallest absolute Gasteiger partial charge is 0.328 e. The zero-order chi connectivity index (χ0) is 21.0. The summed E-state index contributed by atoms with van der Waals surface area (Å²) in [5, 5.41) is 10.1. The van der Waals surface area contributed by atoms with Gasteiger partial charge in [0.1, 0.15) is 18.1 Å². The number of esters is 1. The van der Waals surface area contributed by atoms with E-state index in [1.54, 1.807) is 0 Å². The Morgan fingerprint density at radius 1 is 0.815 bits per heavy atom. The third kappa shape index (κ3) is 10.8. The number of nitrogens with one attached hydrogen (secondary N) is 4. The van der Waals surface area contributed by atoms with Crippen molar-refractivity contribution in [3.05, 3.63) is 0 Å². The van der Waals surface area contributed by atoms with Crippen LogP contribution >= 0.6 is 0 Å². The van der Waals surface area contributed by atoms with Gasteiger partial charge in [-0.25, -0.2) is 4.79 Å². The first kappa shape index (κ1) is 24.4. The third-order valence-corrected chi connectivity index (χ3v) is 3.66. The molecule has 0 aliphatic rings. The minimum absolute atomic E-state index is 0.133. The second-order valence-electron chi connectivity index (χ2n) is 6.22. The zero-order valence-corrected chi connectivity index (χ0v) is 16.5. The lowest BCUT2D eigenvalue weighted by atomic mass is 10.1. The summed E-state index contributed by atoms with van der Waals surface area (Å²) < 4.78 is 4.69. The molecule has 154 valence electrons. The van der Waals surface area contributed by atoms with E-state index in [2.05, 4.69) is 21.3 Å². The first-order valence-electron chi connectivity index (χ1n) is 8.78. The SMILES string of the molecule is COC(=O)C(CCCCNC(C)=O)NC(=O)C(C)NC(=O)C(C)NC(C)=O. The molecule has 0 fully saturated rings. The van der Waals surface area contributed by atoms with Crippen LogP contribution < -0.4 is 21.3 Å². The van der Waals surface area contributed by atoms with Crippen LogP contribution in [0.15, 0.2) is 0 Å². The molecule has 0 aromatic rings. The van der Waals surface area contributed by atoms with Crippen LogP contribution in [0.3, 0.4) is 0 Å². The maximum Gasteiger partial charge on any atom is 0.328 e. The highest BCUT2D eigenvalue weighted by Gasteiger charge is 2.25. The molecule has 0 aliphatic heterocycles. The Morgan fingerprint density at radius 2 is 1.37 bits per heavy atom. The number of carbonyl (C=O) groups excluding carboxylic acids is 5. The number of carbonyl (C=O) groups is 5. The second kappa shape index (κ2) is 12.7. The summed E-state index contributed by atoms with van der Waals surface area (Å²) in [6.45, 7) is 6.14. The quantitative estimate of drug-likeness (QED) is 0.264. The van der Waals surface area contributed by atoms with Crippen LogP contribution in [0.25, 0.3) is 0 Å². The van der Waals surface area contributed by atoms with E-state index in [-0.39, 0.29) is 11.8 Å². The van der Waals surface area contributed by atoms with Crippen molar-refractivity contribution in [1.29, 1.82) is 0 Å². The summed E-state index contributed by atoms with van der Waals surface area (Å²) in [5.74, 6) is -2.15. The molecule has 0 saturated heterocycles. The maximum atomic E-state index is 12.3. The van der Waals surface area contributed by atoms with Crippen molar-refractivity contribution in [3.63, 3.8) is 0 Å². The fourth-order valence-corrected chi connectivity index (χ4v) is 2.20. The Bertz CT molecular complexity index is 552. The van der Waals surface area contributed by atoms with Crippen LogP contribution in [0.2, 0.25) is 0 Å². The molecule has 0 rings (SSSR count). The molecule has 3 unspecified atom stereocenters. The second-order valence-corrected chi connectivity index (χ2v) is 6.22. The molecule has 4 N–H and O–H groups in total. The van der Waals surface area contributed by atoms with Crippen LogP contribution in [0.5, 0.6) is 0 Å². The number of methoxy groups -OCH3 is 1. The van der Waals surface area contributed by atoms with E-state index in [4.69, 9.17) is 4.74 Å². The van der Waals surface area contributed by atoms with Gasteiger partial charge in [-0.1, -0.05) is 0 Å². The molecule has 4 amide bonds. The number of hydrogen-bond donors (Lipinski definition) is 4. The number of hydrogen-bond acceptors (Lipinski definition) is 6. The van der Waals surface area contributed by atoms with Gasteiger partial charge < -0.3 is 26.0 Å². The van der Waals surface area contributed by atoms with E-state index >= 15 is 0 Å². The minimum Gasteiger partial charge on any atom is -0.467 e. The Hall–Kier alpha value is -2.65. The zero-order valence-electron chi connectivity index (χ0n) is 16.5. The highest BCUT2D eigenvalue weighted by atomic mass is 16.5. The van der Waals surface area contributed by atoms with Gasteiger partial charge in [-0.2, -0.15) is 0 Å². The Balaban J connectivity index is 4.56. The lowest BCUT2D eigenvalue weighted by Gasteiger charge is -2.21. The van der Waals surface area contributed by atoms with Gasteiger partial charge in [0.25, 0.3) is 0 Å². The van der Waals surface area contributed by atoms with E-state index in [0.717, 1.165) is 0 Å². The topological polar surface area (TPSA) is 143 Å². The number of unbranched alkanes of at least 4 members (excludes halogenated alkanes) is 1. The first-order valence-corrected chi connectivity index (χ1v) is 8.78. The Kier molecular flexibility index (Phi) is 11.4. The average Bonchev–Trinajstić information content (AvgIpc) is 2.58. The predicted molar refractivity (Wildman–Crippen MR) is 97.4 cm³/mol. The molecular weight excluding hydrogens is 356 g/mol. The molecule has 0 saturated carbocycles. The molecule has 0 radical (unpaired) electrons. The lowest BCUT2D eigenvalue weighted by Crippen LogP contribution is -2.54. The van der Waals surface area contributed by atoms with Gasteiger partial charge in [0, 0.05) is 20.4 Å². The molecule has 27 heavy (non-hydrogen) atoms. The predicted octanol–water partition coefficient (Wildman–Crippen LogP) is -1.02. The van der Waals surface area contributed by atoms with Gasteiger partial charge in [-0.05, 0) is 33.1 Å². The van der Waals surface area contributed by atoms with Gasteiger partial charge in [0.15, 0.2) is 0 Å². The van der Waals surface area contributed by atoms with Gasteiger partial charge in [0.05, 0.1) is 7.11 Å². The van der Waals surface area contributed by atoms with Crippen LogP contribution in [0, 0.1) is 0 Å². The van der Waals surface area contributed by atoms with Crippen molar-refractivity contribution < 1.29 is 28.7 Å². The number of amides is 4. The van der Waals surface area contributed by atoms with Crippen molar-refractivity contribution >= 4 is 29.6 Å². The van der Waals surface area contributed by atoms with Crippen molar-refractivity contribution in [2.75, 3.05) is 13.7 Å². The van der Waals surface area contributed by atoms with E-state index < -0.39 is 35.9 Å². The molecule has 0 bridgehead atoms. The molecule has 10 heteroatoms. The van der Waals surface area contributed by atoms with Gasteiger partial charge in [-0.3, -0.25) is 19.2 Å². The van der Waals surface area contributed by atoms with E-state index in [1.165, 1.54) is 34.8 Å². The monoisotopic (exact) mass is 386 g/mol. The fourth-order valence-electron chi connectivity index (χ4n) is 2.20. The van der Waals surface area contributed by atoms with Crippen molar-refractivity contribution in [3.8, 4) is 0 Å². The third-order valence-electron chi connectivity index (χ3n) is 3.66. The van der Waals surface area contributed by atoms with Crippen LogP contribution in [0.4, 0.5) is 0 Å². The maximum absolute atomic E-state index is 12.3. The molecular formula is C17H30N4O6. The fraction of sp³-hybridized carbons (Fsp3) is 0.706. The van der Waals surface area contributed by atoms with Crippen molar-refractivity contribution in [2.45, 2.75) is 65.1 Å². The van der Waals surface area contributed by atoms with Gasteiger partial charge >= 0.3 is 5.97 Å². The Morgan fingerprint density at radius 3 is 1.89 bits per heavy atom. The van der Waals surface area contributed by atoms with E-state index in [9.17, 15) is 24.0 Å². The molecule has 0 aromatic heterocycles. The molecule has 0 aromatic carbocycles. The molecule has 3 atom stereocenters. The molecule has 0 spiro atoms. The largest absolute Gasteiger partial charge is 0.467 e. The highest BCUT2D eigenvalue weighted by molar-refractivity contribution is 5.92. The minimum atomic E-state index is -0.903. The summed E-state index contributed by atoms with van der Waals surface area (Å²) in [7, 11) is 1.22. The summed E-state index contributed by atoms with van der Waals surface area (Å²) in [4.78, 5) is 57.8. The van der Waals surface area contributed by atoms with Crippen molar-refractivity contribution in [1.82, 2.24) is 21.3 Å². The van der Waals surface area contributed by atoms with Crippen LogP contribution in [-0.4, -0.2) is 61.4 Å². The molecule has 0 aliphatic carbocycles.